The fourth-order valence-electron chi connectivity index (χ4n) is 11.6. The van der Waals surface area contributed by atoms with Gasteiger partial charge in [-0.1, -0.05) is 244 Å². The average molecular weight is 1080 g/mol. The van der Waals surface area contributed by atoms with Crippen LogP contribution in [0.1, 0.15) is 26.3 Å². The van der Waals surface area contributed by atoms with E-state index >= 15 is 0 Å². The number of fused-ring (bicyclic) bond motifs is 3. The summed E-state index contributed by atoms with van der Waals surface area (Å²) in [4.78, 5) is 4.87. The Kier molecular flexibility index (Phi) is 13.7. The first-order valence-corrected chi connectivity index (χ1v) is 28.3. The Bertz CT molecular complexity index is 4280. The molecule has 0 saturated carbocycles. The van der Waals surface area contributed by atoms with E-state index in [2.05, 4.69) is 314 Å². The van der Waals surface area contributed by atoms with E-state index in [0.29, 0.717) is 10.0 Å². The zero-order valence-electron chi connectivity index (χ0n) is 45.3. The third kappa shape index (κ3) is 9.86. The molecule has 12 aromatic carbocycles. The Hall–Kier alpha value is -9.38. The molecule has 0 aliphatic carbocycles. The highest BCUT2D eigenvalue weighted by atomic mass is 35.5. The highest BCUT2D eigenvalue weighted by Gasteiger charge is 2.30. The molecule has 0 fully saturated rings. The van der Waals surface area contributed by atoms with Crippen LogP contribution in [0, 0.1) is 0 Å². The van der Waals surface area contributed by atoms with Crippen LogP contribution in [0.25, 0.3) is 83.1 Å². The Labute approximate surface area is 484 Å². The van der Waals surface area contributed by atoms with Crippen LogP contribution in [-0.4, -0.2) is 4.57 Å². The molecule has 0 atom stereocenters. The van der Waals surface area contributed by atoms with Crippen molar-refractivity contribution in [2.75, 3.05) is 9.80 Å². The molecule has 390 valence electrons. The molecule has 0 aliphatic heterocycles. The Morgan fingerprint density at radius 3 is 1.19 bits per heavy atom. The lowest BCUT2D eigenvalue weighted by Gasteiger charge is -2.35. The number of hydrogen-bond acceptors (Lipinski definition) is 2. The fourth-order valence-corrected chi connectivity index (χ4v) is 12.0. The summed E-state index contributed by atoms with van der Waals surface area (Å²) in [6.45, 7) is 6.90. The van der Waals surface area contributed by atoms with E-state index in [1.807, 2.05) is 12.1 Å². The lowest BCUT2D eigenvalue weighted by Crippen LogP contribution is -2.17. The van der Waals surface area contributed by atoms with Crippen molar-refractivity contribution in [3.05, 3.63) is 307 Å². The van der Waals surface area contributed by atoms with Crippen molar-refractivity contribution in [3.8, 4) is 61.3 Å². The van der Waals surface area contributed by atoms with Crippen molar-refractivity contribution in [3.63, 3.8) is 0 Å². The van der Waals surface area contributed by atoms with Gasteiger partial charge in [0.2, 0.25) is 0 Å². The zero-order chi connectivity index (χ0) is 55.0. The molecule has 13 aromatic rings. The second-order valence-corrected chi connectivity index (χ2v) is 22.5. The minimum atomic E-state index is -0.183. The molecular formula is C76H57Cl2N3. The highest BCUT2D eigenvalue weighted by molar-refractivity contribution is 6.31. The summed E-state index contributed by atoms with van der Waals surface area (Å²) in [6, 6.07) is 104. The van der Waals surface area contributed by atoms with Gasteiger partial charge in [0.15, 0.2) is 0 Å². The molecule has 0 N–H and O–H groups in total. The van der Waals surface area contributed by atoms with Crippen molar-refractivity contribution in [2.45, 2.75) is 26.2 Å². The molecule has 13 rings (SSSR count). The second kappa shape index (κ2) is 21.7. The van der Waals surface area contributed by atoms with Crippen LogP contribution in [0.3, 0.4) is 0 Å². The van der Waals surface area contributed by atoms with Gasteiger partial charge in [0.1, 0.15) is 0 Å². The number of aromatic nitrogens is 1. The van der Waals surface area contributed by atoms with Gasteiger partial charge in [-0.3, -0.25) is 0 Å². The number of hydrogen-bond donors (Lipinski definition) is 0. The fraction of sp³-hybridized carbons (Fsp3) is 0.0526. The molecule has 0 bridgehead atoms. The molecule has 0 spiro atoms. The van der Waals surface area contributed by atoms with E-state index in [0.717, 1.165) is 117 Å². The first kappa shape index (κ1) is 51.1. The van der Waals surface area contributed by atoms with Gasteiger partial charge < -0.3 is 14.4 Å². The molecule has 81 heavy (non-hydrogen) atoms. The van der Waals surface area contributed by atoms with Gasteiger partial charge in [-0.2, -0.15) is 0 Å². The maximum absolute atomic E-state index is 7.22. The molecular weight excluding hydrogens is 1030 g/mol. The first-order chi connectivity index (χ1) is 39.7. The van der Waals surface area contributed by atoms with Crippen molar-refractivity contribution < 1.29 is 0 Å². The Balaban J connectivity index is 1.21. The van der Waals surface area contributed by atoms with E-state index in [4.69, 9.17) is 23.2 Å². The number of rotatable bonds is 12. The lowest BCUT2D eigenvalue weighted by molar-refractivity contribution is 0.591. The van der Waals surface area contributed by atoms with Gasteiger partial charge in [0, 0.05) is 71.5 Å². The largest absolute Gasteiger partial charge is 0.309 e. The molecule has 1 heterocycles. The van der Waals surface area contributed by atoms with E-state index in [-0.39, 0.29) is 5.41 Å². The summed E-state index contributed by atoms with van der Waals surface area (Å²) in [6.07, 6.45) is 0. The first-order valence-electron chi connectivity index (χ1n) is 27.5. The topological polar surface area (TPSA) is 11.4 Å². The number of anilines is 6. The molecule has 1 aromatic heterocycles. The molecule has 0 radical (unpaired) electrons. The quantitative estimate of drug-likeness (QED) is 0.121. The number of nitrogens with zero attached hydrogens (tertiary/aromatic N) is 3. The lowest BCUT2D eigenvalue weighted by atomic mass is 9.82. The molecule has 0 unspecified atom stereocenters. The third-order valence-corrected chi connectivity index (χ3v) is 15.8. The van der Waals surface area contributed by atoms with E-state index in [1.165, 1.54) is 5.56 Å². The monoisotopic (exact) mass is 1080 g/mol. The van der Waals surface area contributed by atoms with Gasteiger partial charge in [0.05, 0.1) is 22.4 Å². The van der Waals surface area contributed by atoms with Gasteiger partial charge in [0.25, 0.3) is 0 Å². The normalized spacial score (nSPS) is 11.5. The molecule has 0 aliphatic rings. The Morgan fingerprint density at radius 2 is 0.704 bits per heavy atom. The van der Waals surface area contributed by atoms with Gasteiger partial charge >= 0.3 is 0 Å². The van der Waals surface area contributed by atoms with Gasteiger partial charge in [-0.05, 0) is 135 Å². The Morgan fingerprint density at radius 1 is 0.309 bits per heavy atom. The molecule has 3 nitrogen and oxygen atoms in total. The van der Waals surface area contributed by atoms with E-state index in [1.54, 1.807) is 0 Å². The summed E-state index contributed by atoms with van der Waals surface area (Å²) in [5.74, 6) is 0. The van der Waals surface area contributed by atoms with Crippen molar-refractivity contribution in [2.24, 2.45) is 0 Å². The smallest absolute Gasteiger partial charge is 0.0618 e. The zero-order valence-corrected chi connectivity index (χ0v) is 46.8. The van der Waals surface area contributed by atoms with Crippen LogP contribution in [0.4, 0.5) is 34.1 Å². The summed E-state index contributed by atoms with van der Waals surface area (Å²) in [5, 5.41) is 3.58. The van der Waals surface area contributed by atoms with Crippen LogP contribution in [-0.2, 0) is 5.41 Å². The summed E-state index contributed by atoms with van der Waals surface area (Å²) in [5.41, 5.74) is 20.9. The van der Waals surface area contributed by atoms with Crippen LogP contribution < -0.4 is 9.80 Å². The number of halogens is 2. The maximum atomic E-state index is 7.22. The summed E-state index contributed by atoms with van der Waals surface area (Å²) >= 11 is 14.4. The van der Waals surface area contributed by atoms with Crippen LogP contribution >= 0.6 is 23.2 Å². The van der Waals surface area contributed by atoms with Crippen LogP contribution in [0.5, 0.6) is 0 Å². The van der Waals surface area contributed by atoms with Crippen LogP contribution in [0.15, 0.2) is 291 Å². The van der Waals surface area contributed by atoms with Gasteiger partial charge in [-0.15, -0.1) is 0 Å². The molecule has 5 heteroatoms. The predicted octanol–water partition coefficient (Wildman–Crippen LogP) is 22.7. The summed E-state index contributed by atoms with van der Waals surface area (Å²) < 4.78 is 2.40. The minimum Gasteiger partial charge on any atom is -0.309 e. The van der Waals surface area contributed by atoms with E-state index < -0.39 is 0 Å². The summed E-state index contributed by atoms with van der Waals surface area (Å²) in [7, 11) is 0. The van der Waals surface area contributed by atoms with Crippen LogP contribution in [0.2, 0.25) is 10.0 Å². The number of benzene rings is 12. The average Bonchev–Trinajstić information content (AvgIpc) is 4.14. The predicted molar refractivity (Wildman–Crippen MR) is 346 cm³/mol. The SMILES string of the molecule is CC(C)(C)c1cc(-c2ccccc2)c(N(c2cccc(Cl)c2)c2cc(-c3cccc4c3c3ccccc3n4-c3ccccc3)cc(N(c3cccc(Cl)c3)c3c(-c4ccccc4)cccc3-c3ccccc3)c2)c(-c2ccccc2)c1. The molecule has 0 saturated heterocycles. The molecule has 0 amide bonds. The number of para-hydroxylation sites is 3. The van der Waals surface area contributed by atoms with Crippen molar-refractivity contribution in [1.29, 1.82) is 0 Å². The second-order valence-electron chi connectivity index (χ2n) is 21.6. The third-order valence-electron chi connectivity index (χ3n) is 15.4. The standard InChI is InChI=1S/C76H57Cl2N3/c1-76(2,3)57-47-69(54-29-13-6-14-30-54)75(70(48-57)55-31-15-7-16-32-55)80(62-38-22-34-59(78)50-62)64-46-56(65-40-24-44-72-73(65)68-39-19-20-43-71(68)81(72)60-35-17-8-18-36-60)45-63(51-64)79(61-37-21-33-58(77)49-61)74-66(52-25-9-4-10-26-52)41-23-42-67(74)53-27-11-5-12-28-53/h4-51H,1-3H3. The minimum absolute atomic E-state index is 0.183. The van der Waals surface area contributed by atoms with Crippen molar-refractivity contribution >= 4 is 79.1 Å². The van der Waals surface area contributed by atoms with Gasteiger partial charge in [-0.25, -0.2) is 0 Å². The van der Waals surface area contributed by atoms with Crippen molar-refractivity contribution in [1.82, 2.24) is 4.57 Å². The maximum Gasteiger partial charge on any atom is 0.0618 e. The highest BCUT2D eigenvalue weighted by Crippen LogP contribution is 2.54. The van der Waals surface area contributed by atoms with E-state index in [9.17, 15) is 0 Å².